The van der Waals surface area contributed by atoms with E-state index in [-0.39, 0.29) is 17.7 Å². The van der Waals surface area contributed by atoms with Crippen LogP contribution >= 0.6 is 22.9 Å². The van der Waals surface area contributed by atoms with Crippen molar-refractivity contribution in [3.05, 3.63) is 57.2 Å². The standard InChI is InChI=1S/C20H25ClN2O2S/c1-4-23(13-16-10-11-17(21)26-16)20(25)19(15-8-6-5-7-9-15)22-18(24)12-14(2)3/h5-11,14,19H,4,12-13H2,1-3H3,(H,22,24). The highest BCUT2D eigenvalue weighted by molar-refractivity contribution is 7.16. The first kappa shape index (κ1) is 20.5. The van der Waals surface area contributed by atoms with Crippen LogP contribution in [0, 0.1) is 5.92 Å². The Morgan fingerprint density at radius 1 is 1.15 bits per heavy atom. The summed E-state index contributed by atoms with van der Waals surface area (Å²) in [7, 11) is 0. The number of nitrogens with one attached hydrogen (secondary N) is 1. The van der Waals surface area contributed by atoms with E-state index < -0.39 is 6.04 Å². The van der Waals surface area contributed by atoms with Gasteiger partial charge in [0.05, 0.1) is 10.9 Å². The fourth-order valence-corrected chi connectivity index (χ4v) is 3.78. The van der Waals surface area contributed by atoms with Gasteiger partial charge in [0.1, 0.15) is 6.04 Å². The lowest BCUT2D eigenvalue weighted by Gasteiger charge is -2.27. The Labute approximate surface area is 164 Å². The van der Waals surface area contributed by atoms with E-state index in [1.807, 2.05) is 63.2 Å². The maximum atomic E-state index is 13.2. The van der Waals surface area contributed by atoms with E-state index >= 15 is 0 Å². The van der Waals surface area contributed by atoms with Crippen molar-refractivity contribution in [2.24, 2.45) is 5.92 Å². The van der Waals surface area contributed by atoms with Gasteiger partial charge in [-0.3, -0.25) is 9.59 Å². The van der Waals surface area contributed by atoms with Gasteiger partial charge in [-0.2, -0.15) is 0 Å². The summed E-state index contributed by atoms with van der Waals surface area (Å²) in [6.45, 7) is 6.94. The fourth-order valence-electron chi connectivity index (χ4n) is 2.68. The van der Waals surface area contributed by atoms with Crippen LogP contribution in [0.2, 0.25) is 4.34 Å². The van der Waals surface area contributed by atoms with Crippen molar-refractivity contribution in [2.45, 2.75) is 39.8 Å². The monoisotopic (exact) mass is 392 g/mol. The number of hydrogen-bond acceptors (Lipinski definition) is 3. The molecule has 2 amide bonds. The number of likely N-dealkylation sites (N-methyl/N-ethyl adjacent to an activating group) is 1. The molecule has 26 heavy (non-hydrogen) atoms. The molecule has 140 valence electrons. The van der Waals surface area contributed by atoms with Gasteiger partial charge in [0, 0.05) is 17.8 Å². The third-order valence-corrected chi connectivity index (χ3v) is 5.16. The number of rotatable bonds is 8. The predicted molar refractivity (Wildman–Crippen MR) is 107 cm³/mol. The molecule has 0 saturated heterocycles. The van der Waals surface area contributed by atoms with Crippen LogP contribution in [0.25, 0.3) is 0 Å². The quantitative estimate of drug-likeness (QED) is 0.710. The van der Waals surface area contributed by atoms with Gasteiger partial charge >= 0.3 is 0 Å². The van der Waals surface area contributed by atoms with Gasteiger partial charge in [-0.05, 0) is 30.5 Å². The SMILES string of the molecule is CCN(Cc1ccc(Cl)s1)C(=O)C(NC(=O)CC(C)C)c1ccccc1. The van der Waals surface area contributed by atoms with Gasteiger partial charge in [0.25, 0.3) is 0 Å². The summed E-state index contributed by atoms with van der Waals surface area (Å²) in [4.78, 5) is 28.3. The van der Waals surface area contributed by atoms with Gasteiger partial charge in [-0.15, -0.1) is 11.3 Å². The minimum Gasteiger partial charge on any atom is -0.341 e. The second kappa shape index (κ2) is 9.74. The number of thiophene rings is 1. The van der Waals surface area contributed by atoms with Crippen molar-refractivity contribution < 1.29 is 9.59 Å². The van der Waals surface area contributed by atoms with E-state index in [1.165, 1.54) is 11.3 Å². The van der Waals surface area contributed by atoms with Crippen LogP contribution in [0.5, 0.6) is 0 Å². The molecule has 2 aromatic rings. The van der Waals surface area contributed by atoms with Crippen LogP contribution in [0.3, 0.4) is 0 Å². The number of nitrogens with zero attached hydrogens (tertiary/aromatic N) is 1. The van der Waals surface area contributed by atoms with E-state index in [9.17, 15) is 9.59 Å². The highest BCUT2D eigenvalue weighted by Crippen LogP contribution is 2.24. The first-order valence-electron chi connectivity index (χ1n) is 8.78. The molecule has 0 fully saturated rings. The fraction of sp³-hybridized carbons (Fsp3) is 0.400. The summed E-state index contributed by atoms with van der Waals surface area (Å²) in [5, 5.41) is 2.92. The molecule has 1 unspecified atom stereocenters. The third-order valence-electron chi connectivity index (χ3n) is 3.95. The lowest BCUT2D eigenvalue weighted by molar-refractivity contribution is -0.137. The zero-order chi connectivity index (χ0) is 19.1. The highest BCUT2D eigenvalue weighted by atomic mass is 35.5. The van der Waals surface area contributed by atoms with Crippen molar-refractivity contribution in [3.8, 4) is 0 Å². The van der Waals surface area contributed by atoms with E-state index in [0.29, 0.717) is 23.8 Å². The molecule has 0 aliphatic heterocycles. The van der Waals surface area contributed by atoms with Crippen LogP contribution < -0.4 is 5.32 Å². The predicted octanol–water partition coefficient (Wildman–Crippen LogP) is 4.65. The minimum atomic E-state index is -0.683. The molecule has 0 aliphatic carbocycles. The summed E-state index contributed by atoms with van der Waals surface area (Å²) < 4.78 is 0.702. The molecular formula is C20H25ClN2O2S. The van der Waals surface area contributed by atoms with E-state index in [2.05, 4.69) is 5.32 Å². The van der Waals surface area contributed by atoms with Crippen molar-refractivity contribution >= 4 is 34.8 Å². The van der Waals surface area contributed by atoms with Gasteiger partial charge in [-0.25, -0.2) is 0 Å². The Balaban J connectivity index is 2.21. The molecule has 2 rings (SSSR count). The summed E-state index contributed by atoms with van der Waals surface area (Å²) in [5.41, 5.74) is 0.789. The topological polar surface area (TPSA) is 49.4 Å². The Bertz CT molecular complexity index is 730. The third kappa shape index (κ3) is 5.85. The van der Waals surface area contributed by atoms with Crippen LogP contribution in [-0.4, -0.2) is 23.3 Å². The largest absolute Gasteiger partial charge is 0.341 e. The summed E-state index contributed by atoms with van der Waals surface area (Å²) >= 11 is 7.46. The maximum absolute atomic E-state index is 13.2. The molecule has 1 aromatic carbocycles. The first-order valence-corrected chi connectivity index (χ1v) is 9.97. The molecule has 1 heterocycles. The number of hydrogen-bond donors (Lipinski definition) is 1. The molecule has 1 aromatic heterocycles. The zero-order valence-corrected chi connectivity index (χ0v) is 16.9. The molecule has 1 atom stereocenters. The van der Waals surface area contributed by atoms with Crippen molar-refractivity contribution in [1.29, 1.82) is 0 Å². The second-order valence-electron chi connectivity index (χ2n) is 6.57. The van der Waals surface area contributed by atoms with Crippen LogP contribution in [-0.2, 0) is 16.1 Å². The number of carbonyl (C=O) groups excluding carboxylic acids is 2. The van der Waals surface area contributed by atoms with Crippen LogP contribution in [0.15, 0.2) is 42.5 Å². The molecule has 1 N–H and O–H groups in total. The Hall–Kier alpha value is -1.85. The molecule has 0 spiro atoms. The molecule has 0 bridgehead atoms. The molecule has 4 nitrogen and oxygen atoms in total. The molecular weight excluding hydrogens is 368 g/mol. The van der Waals surface area contributed by atoms with Gasteiger partial charge in [0.15, 0.2) is 0 Å². The lowest BCUT2D eigenvalue weighted by atomic mass is 10.0. The molecule has 0 saturated carbocycles. The van der Waals surface area contributed by atoms with Crippen LogP contribution in [0.1, 0.15) is 43.7 Å². The van der Waals surface area contributed by atoms with Crippen molar-refractivity contribution in [3.63, 3.8) is 0 Å². The van der Waals surface area contributed by atoms with Gasteiger partial charge in [-0.1, -0.05) is 55.8 Å². The Morgan fingerprint density at radius 2 is 1.85 bits per heavy atom. The number of benzene rings is 1. The molecule has 0 radical (unpaired) electrons. The average Bonchev–Trinajstić information content (AvgIpc) is 3.02. The molecule has 0 aliphatic rings. The van der Waals surface area contributed by atoms with E-state index in [0.717, 1.165) is 10.4 Å². The second-order valence-corrected chi connectivity index (χ2v) is 8.37. The van der Waals surface area contributed by atoms with Gasteiger partial charge < -0.3 is 10.2 Å². The summed E-state index contributed by atoms with van der Waals surface area (Å²) in [5.74, 6) is 0.00909. The van der Waals surface area contributed by atoms with Gasteiger partial charge in [0.2, 0.25) is 11.8 Å². The Morgan fingerprint density at radius 3 is 2.38 bits per heavy atom. The summed E-state index contributed by atoms with van der Waals surface area (Å²) in [6.07, 6.45) is 0.392. The minimum absolute atomic E-state index is 0.111. The number of halogens is 1. The number of amides is 2. The normalized spacial score (nSPS) is 12.0. The van der Waals surface area contributed by atoms with Crippen LogP contribution in [0.4, 0.5) is 0 Å². The van der Waals surface area contributed by atoms with Crippen molar-refractivity contribution in [1.82, 2.24) is 10.2 Å². The smallest absolute Gasteiger partial charge is 0.250 e. The molecule has 6 heteroatoms. The highest BCUT2D eigenvalue weighted by Gasteiger charge is 2.27. The van der Waals surface area contributed by atoms with Crippen molar-refractivity contribution in [2.75, 3.05) is 6.54 Å². The Kier molecular flexibility index (Phi) is 7.66. The zero-order valence-electron chi connectivity index (χ0n) is 15.4. The van der Waals surface area contributed by atoms with E-state index in [4.69, 9.17) is 11.6 Å². The first-order chi connectivity index (χ1) is 12.4. The average molecular weight is 393 g/mol. The summed E-state index contributed by atoms with van der Waals surface area (Å²) in [6, 6.07) is 12.5. The van der Waals surface area contributed by atoms with E-state index in [1.54, 1.807) is 4.90 Å². The number of carbonyl (C=O) groups is 2. The lowest BCUT2D eigenvalue weighted by Crippen LogP contribution is -2.42. The maximum Gasteiger partial charge on any atom is 0.250 e.